The molecule has 0 aromatic heterocycles. The number of ketones is 1. The van der Waals surface area contributed by atoms with Gasteiger partial charge in [0, 0.05) is 52.3 Å². The summed E-state index contributed by atoms with van der Waals surface area (Å²) in [5.41, 5.74) is 1.48. The molecule has 0 atom stereocenters. The second-order valence-electron chi connectivity index (χ2n) is 8.43. The molecule has 0 aliphatic carbocycles. The number of rotatable bonds is 9. The van der Waals surface area contributed by atoms with Crippen LogP contribution in [-0.4, -0.2) is 27.4 Å². The fraction of sp³-hybridized carbons (Fsp3) is 0. The first-order chi connectivity index (χ1) is 19.2. The van der Waals surface area contributed by atoms with Gasteiger partial charge in [-0.2, -0.15) is 0 Å². The number of anilines is 2. The summed E-state index contributed by atoms with van der Waals surface area (Å²) in [6.07, 6.45) is 2.89. The number of hydrogen-bond acceptors (Lipinski definition) is 7. The zero-order chi connectivity index (χ0) is 28.6. The summed E-state index contributed by atoms with van der Waals surface area (Å²) in [6, 6.07) is 23.6. The summed E-state index contributed by atoms with van der Waals surface area (Å²) in [7, 11) is 0. The third kappa shape index (κ3) is 6.86. The van der Waals surface area contributed by atoms with Crippen molar-refractivity contribution in [2.24, 2.45) is 0 Å². The smallest absolute Gasteiger partial charge is 0.270 e. The molecule has 0 saturated carbocycles. The van der Waals surface area contributed by atoms with Crippen LogP contribution in [0.3, 0.4) is 0 Å². The van der Waals surface area contributed by atoms with E-state index in [9.17, 15) is 34.6 Å². The molecule has 0 bridgehead atoms. The monoisotopic (exact) mass is 536 g/mol. The fourth-order valence-electron chi connectivity index (χ4n) is 3.67. The van der Waals surface area contributed by atoms with Gasteiger partial charge in [-0.15, -0.1) is 0 Å². The number of allylic oxidation sites excluding steroid dienone is 1. The Morgan fingerprint density at radius 2 is 1.07 bits per heavy atom. The minimum Gasteiger partial charge on any atom is -0.322 e. The van der Waals surface area contributed by atoms with Crippen molar-refractivity contribution >= 4 is 46.4 Å². The van der Waals surface area contributed by atoms with E-state index < -0.39 is 21.7 Å². The highest BCUT2D eigenvalue weighted by atomic mass is 16.6. The van der Waals surface area contributed by atoms with Gasteiger partial charge in [0.1, 0.15) is 0 Å². The lowest BCUT2D eigenvalue weighted by atomic mass is 10.1. The summed E-state index contributed by atoms with van der Waals surface area (Å²) >= 11 is 0. The second-order valence-corrected chi connectivity index (χ2v) is 8.43. The number of nitro groups is 2. The molecule has 198 valence electrons. The largest absolute Gasteiger partial charge is 0.322 e. The molecule has 0 aliphatic heterocycles. The van der Waals surface area contributed by atoms with Gasteiger partial charge in [0.15, 0.2) is 5.78 Å². The Balaban J connectivity index is 1.42. The standard InChI is InChI=1S/C29H20N4O7/c34-27(20-6-2-10-24(16-20)31-29(36)22-8-4-12-26(18-22)33(39)40)14-13-19-5-1-9-23(15-19)30-28(35)21-7-3-11-25(17-21)32(37)38/h1-18H,(H,30,35)(H,31,36)/b14-13+. The molecule has 4 aromatic carbocycles. The van der Waals surface area contributed by atoms with Crippen LogP contribution >= 0.6 is 0 Å². The molecule has 0 radical (unpaired) electrons. The van der Waals surface area contributed by atoms with Crippen LogP contribution < -0.4 is 10.6 Å². The maximum absolute atomic E-state index is 12.8. The van der Waals surface area contributed by atoms with Crippen molar-refractivity contribution in [2.45, 2.75) is 0 Å². The predicted octanol–water partition coefficient (Wildman–Crippen LogP) is 5.90. The summed E-state index contributed by atoms with van der Waals surface area (Å²) in [4.78, 5) is 58.6. The van der Waals surface area contributed by atoms with E-state index in [-0.39, 0.29) is 28.3 Å². The van der Waals surface area contributed by atoms with Crippen LogP contribution in [0, 0.1) is 20.2 Å². The van der Waals surface area contributed by atoms with Crippen LogP contribution in [0.5, 0.6) is 0 Å². The number of non-ortho nitro benzene ring substituents is 2. The SMILES string of the molecule is O=C(/C=C/c1cccc(NC(=O)c2cccc([N+](=O)[O-])c2)c1)c1cccc(NC(=O)c2cccc([N+](=O)[O-])c2)c1. The van der Waals surface area contributed by atoms with Crippen molar-refractivity contribution in [1.82, 2.24) is 0 Å². The third-order valence-corrected chi connectivity index (χ3v) is 5.61. The maximum Gasteiger partial charge on any atom is 0.270 e. The van der Waals surface area contributed by atoms with E-state index in [4.69, 9.17) is 0 Å². The van der Waals surface area contributed by atoms with Crippen LogP contribution in [0.15, 0.2) is 103 Å². The molecule has 0 unspecified atom stereocenters. The minimum atomic E-state index is -0.594. The van der Waals surface area contributed by atoms with Gasteiger partial charge in [0.25, 0.3) is 23.2 Å². The zero-order valence-corrected chi connectivity index (χ0v) is 20.6. The first-order valence-electron chi connectivity index (χ1n) is 11.7. The Bertz CT molecular complexity index is 1680. The molecule has 0 aliphatic rings. The van der Waals surface area contributed by atoms with E-state index >= 15 is 0 Å². The molecule has 0 saturated heterocycles. The number of nitrogens with zero attached hydrogens (tertiary/aromatic N) is 2. The van der Waals surface area contributed by atoms with Crippen molar-refractivity contribution in [3.8, 4) is 0 Å². The molecule has 4 rings (SSSR count). The molecule has 0 fully saturated rings. The topological polar surface area (TPSA) is 162 Å². The molecule has 11 nitrogen and oxygen atoms in total. The van der Waals surface area contributed by atoms with E-state index in [1.807, 2.05) is 0 Å². The van der Waals surface area contributed by atoms with Crippen molar-refractivity contribution in [3.05, 3.63) is 146 Å². The Kier molecular flexibility index (Phi) is 8.16. The Hall–Kier alpha value is -5.97. The lowest BCUT2D eigenvalue weighted by molar-refractivity contribution is -0.385. The van der Waals surface area contributed by atoms with Crippen molar-refractivity contribution in [2.75, 3.05) is 10.6 Å². The molecular formula is C29H20N4O7. The number of nitrogens with one attached hydrogen (secondary N) is 2. The van der Waals surface area contributed by atoms with Gasteiger partial charge in [0.05, 0.1) is 9.85 Å². The number of carbonyl (C=O) groups excluding carboxylic acids is 3. The zero-order valence-electron chi connectivity index (χ0n) is 20.6. The summed E-state index contributed by atoms with van der Waals surface area (Å²) < 4.78 is 0. The normalized spacial score (nSPS) is 10.6. The van der Waals surface area contributed by atoms with Gasteiger partial charge in [-0.05, 0) is 48.0 Å². The number of hydrogen-bond donors (Lipinski definition) is 2. The molecule has 11 heteroatoms. The first-order valence-corrected chi connectivity index (χ1v) is 11.7. The van der Waals surface area contributed by atoms with Gasteiger partial charge < -0.3 is 10.6 Å². The Morgan fingerprint density at radius 1 is 0.600 bits per heavy atom. The maximum atomic E-state index is 12.8. The minimum absolute atomic E-state index is 0.100. The van der Waals surface area contributed by atoms with Gasteiger partial charge in [-0.1, -0.05) is 42.5 Å². The predicted molar refractivity (Wildman–Crippen MR) is 148 cm³/mol. The van der Waals surface area contributed by atoms with E-state index in [0.29, 0.717) is 22.5 Å². The molecular weight excluding hydrogens is 516 g/mol. The van der Waals surface area contributed by atoms with Gasteiger partial charge in [-0.25, -0.2) is 0 Å². The lowest BCUT2D eigenvalue weighted by Gasteiger charge is -2.07. The third-order valence-electron chi connectivity index (χ3n) is 5.61. The molecule has 0 spiro atoms. The van der Waals surface area contributed by atoms with E-state index in [0.717, 1.165) is 6.07 Å². The number of carbonyl (C=O) groups is 3. The van der Waals surface area contributed by atoms with Crippen molar-refractivity contribution in [3.63, 3.8) is 0 Å². The average Bonchev–Trinajstić information content (AvgIpc) is 2.96. The average molecular weight is 537 g/mol. The van der Waals surface area contributed by atoms with Gasteiger partial charge >= 0.3 is 0 Å². The lowest BCUT2D eigenvalue weighted by Crippen LogP contribution is -2.12. The van der Waals surface area contributed by atoms with Crippen molar-refractivity contribution in [1.29, 1.82) is 0 Å². The highest BCUT2D eigenvalue weighted by Crippen LogP contribution is 2.19. The molecule has 0 heterocycles. The van der Waals surface area contributed by atoms with Crippen LogP contribution in [0.25, 0.3) is 6.08 Å². The number of nitro benzene ring substituents is 2. The van der Waals surface area contributed by atoms with Crippen LogP contribution in [0.2, 0.25) is 0 Å². The summed E-state index contributed by atoms with van der Waals surface area (Å²) in [5, 5.41) is 27.2. The molecule has 2 amide bonds. The van der Waals surface area contributed by atoms with E-state index in [2.05, 4.69) is 10.6 Å². The van der Waals surface area contributed by atoms with Gasteiger partial charge in [-0.3, -0.25) is 34.6 Å². The van der Waals surface area contributed by atoms with E-state index in [1.165, 1.54) is 54.6 Å². The van der Waals surface area contributed by atoms with Crippen molar-refractivity contribution < 1.29 is 24.2 Å². The molecule has 40 heavy (non-hydrogen) atoms. The summed E-state index contributed by atoms with van der Waals surface area (Å²) in [5.74, 6) is -1.44. The quantitative estimate of drug-likeness (QED) is 0.116. The van der Waals surface area contributed by atoms with E-state index in [1.54, 1.807) is 48.5 Å². The highest BCUT2D eigenvalue weighted by Gasteiger charge is 2.13. The van der Waals surface area contributed by atoms with Gasteiger partial charge in [0.2, 0.25) is 0 Å². The Morgan fingerprint density at radius 3 is 1.62 bits per heavy atom. The molecule has 4 aromatic rings. The van der Waals surface area contributed by atoms with Crippen LogP contribution in [-0.2, 0) is 0 Å². The number of amides is 2. The number of benzene rings is 4. The Labute approximate surface area is 227 Å². The van der Waals surface area contributed by atoms with Crippen LogP contribution in [0.1, 0.15) is 36.6 Å². The molecule has 2 N–H and O–H groups in total. The fourth-order valence-corrected chi connectivity index (χ4v) is 3.67. The first kappa shape index (κ1) is 27.1. The van der Waals surface area contributed by atoms with Crippen LogP contribution in [0.4, 0.5) is 22.7 Å². The highest BCUT2D eigenvalue weighted by molar-refractivity contribution is 6.09. The summed E-state index contributed by atoms with van der Waals surface area (Å²) in [6.45, 7) is 0. The second kappa shape index (κ2) is 12.0.